The van der Waals surface area contributed by atoms with Crippen LogP contribution in [0.25, 0.3) is 0 Å². The number of carbonyl (C=O) groups is 2. The number of fused-ring (bicyclic) bond motifs is 2. The Bertz CT molecular complexity index is 1080. The van der Waals surface area contributed by atoms with E-state index in [1.54, 1.807) is 4.90 Å². The molecule has 0 aliphatic carbocycles. The third-order valence-electron chi connectivity index (χ3n) is 6.42. The molecule has 2 saturated heterocycles. The maximum Gasteiger partial charge on any atom is 0.410 e. The number of hydrogen-bond acceptors (Lipinski definition) is 5. The monoisotopic (exact) mass is 501 g/mol. The molecule has 4 rings (SSSR count). The zero-order valence-corrected chi connectivity index (χ0v) is 20.9. The lowest BCUT2D eigenvalue weighted by atomic mass is 10.1. The molecule has 0 aromatic heterocycles. The number of carbonyl (C=O) groups excluding carboxylic acids is 2. The Morgan fingerprint density at radius 2 is 1.69 bits per heavy atom. The molecule has 0 saturated carbocycles. The minimum absolute atomic E-state index is 0.105. The normalized spacial score (nSPS) is 19.2. The molecule has 9 heteroatoms. The highest BCUT2D eigenvalue weighted by Gasteiger charge is 2.44. The molecule has 2 aliphatic rings. The third kappa shape index (κ3) is 6.25. The van der Waals surface area contributed by atoms with Gasteiger partial charge in [-0.05, 0) is 57.2 Å². The van der Waals surface area contributed by atoms with Gasteiger partial charge in [0.2, 0.25) is 0 Å². The van der Waals surface area contributed by atoms with Gasteiger partial charge < -0.3 is 19.7 Å². The first-order chi connectivity index (χ1) is 17.1. The molecule has 2 aromatic carbocycles. The lowest BCUT2D eigenvalue weighted by molar-refractivity contribution is 0.0123. The Hall–Kier alpha value is -3.36. The summed E-state index contributed by atoms with van der Waals surface area (Å²) in [6, 6.07) is 11.4. The standard InChI is InChI=1S/C27H33F2N3O4/c1-27(2,3)36-26(34)32-20-9-10-21(32)16-31(15-20)24-14-22(28)19(13-23(24)29)11-12-30-25(33)35-17-18-7-5-4-6-8-18/h4-8,13-14,20-21H,9-12,15-17H2,1-3H3,(H,30,33). The summed E-state index contributed by atoms with van der Waals surface area (Å²) in [5.74, 6) is -1.06. The van der Waals surface area contributed by atoms with Crippen molar-refractivity contribution in [3.63, 3.8) is 0 Å². The number of nitrogens with zero attached hydrogens (tertiary/aromatic N) is 2. The van der Waals surface area contributed by atoms with Crippen LogP contribution in [0.5, 0.6) is 0 Å². The summed E-state index contributed by atoms with van der Waals surface area (Å²) in [5, 5.41) is 2.57. The van der Waals surface area contributed by atoms with Crippen LogP contribution >= 0.6 is 0 Å². The Kier molecular flexibility index (Phi) is 7.66. The van der Waals surface area contributed by atoms with Crippen LogP contribution in [0.3, 0.4) is 0 Å². The number of rotatable bonds is 6. The molecule has 2 bridgehead atoms. The van der Waals surface area contributed by atoms with Crippen molar-refractivity contribution in [3.8, 4) is 0 Å². The summed E-state index contributed by atoms with van der Waals surface area (Å²) in [5.41, 5.74) is 0.630. The van der Waals surface area contributed by atoms with Crippen molar-refractivity contribution in [1.82, 2.24) is 10.2 Å². The molecule has 1 N–H and O–H groups in total. The predicted octanol–water partition coefficient (Wildman–Crippen LogP) is 5.02. The van der Waals surface area contributed by atoms with Gasteiger partial charge in [0.1, 0.15) is 23.8 Å². The third-order valence-corrected chi connectivity index (χ3v) is 6.42. The smallest absolute Gasteiger partial charge is 0.410 e. The van der Waals surface area contributed by atoms with E-state index < -0.39 is 23.3 Å². The zero-order chi connectivity index (χ0) is 25.9. The van der Waals surface area contributed by atoms with Crippen LogP contribution in [-0.2, 0) is 22.5 Å². The van der Waals surface area contributed by atoms with Gasteiger partial charge in [0.05, 0.1) is 17.8 Å². The first kappa shape index (κ1) is 25.7. The number of piperazine rings is 1. The van der Waals surface area contributed by atoms with Crippen molar-refractivity contribution in [2.24, 2.45) is 0 Å². The molecule has 2 heterocycles. The fourth-order valence-electron chi connectivity index (χ4n) is 4.80. The van der Waals surface area contributed by atoms with E-state index in [-0.39, 0.29) is 49.0 Å². The summed E-state index contributed by atoms with van der Waals surface area (Å²) in [6.07, 6.45) is 0.755. The van der Waals surface area contributed by atoms with Crippen molar-refractivity contribution in [2.75, 3.05) is 24.5 Å². The first-order valence-electron chi connectivity index (χ1n) is 12.3. The topological polar surface area (TPSA) is 71.1 Å². The fraction of sp³-hybridized carbons (Fsp3) is 0.481. The maximum absolute atomic E-state index is 15.0. The Labute approximate surface area is 210 Å². The molecule has 2 unspecified atom stereocenters. The summed E-state index contributed by atoms with van der Waals surface area (Å²) in [6.45, 7) is 6.56. The number of anilines is 1. The molecule has 194 valence electrons. The molecule has 2 aromatic rings. The number of benzene rings is 2. The lowest BCUT2D eigenvalue weighted by Crippen LogP contribution is -2.57. The predicted molar refractivity (Wildman–Crippen MR) is 132 cm³/mol. The van der Waals surface area contributed by atoms with E-state index in [0.29, 0.717) is 13.1 Å². The van der Waals surface area contributed by atoms with Gasteiger partial charge in [-0.15, -0.1) is 0 Å². The van der Waals surface area contributed by atoms with E-state index in [1.165, 1.54) is 12.1 Å². The highest BCUT2D eigenvalue weighted by Crippen LogP contribution is 2.35. The minimum atomic E-state index is -0.616. The number of ether oxygens (including phenoxy) is 2. The summed E-state index contributed by atoms with van der Waals surface area (Å²) in [7, 11) is 0. The van der Waals surface area contributed by atoms with Crippen LogP contribution in [0, 0.1) is 11.6 Å². The van der Waals surface area contributed by atoms with Crippen molar-refractivity contribution in [2.45, 2.75) is 64.3 Å². The molecule has 36 heavy (non-hydrogen) atoms. The molecule has 2 aliphatic heterocycles. The second-order valence-corrected chi connectivity index (χ2v) is 10.3. The van der Waals surface area contributed by atoms with E-state index in [1.807, 2.05) is 56.0 Å². The number of nitrogens with one attached hydrogen (secondary N) is 1. The van der Waals surface area contributed by atoms with E-state index >= 15 is 4.39 Å². The van der Waals surface area contributed by atoms with Crippen LogP contribution < -0.4 is 10.2 Å². The Balaban J connectivity index is 1.31. The van der Waals surface area contributed by atoms with Gasteiger partial charge in [0.25, 0.3) is 0 Å². The molecule has 0 radical (unpaired) electrons. The highest BCUT2D eigenvalue weighted by atomic mass is 19.1. The van der Waals surface area contributed by atoms with E-state index in [4.69, 9.17) is 9.47 Å². The van der Waals surface area contributed by atoms with Gasteiger partial charge >= 0.3 is 12.2 Å². The molecule has 2 amide bonds. The zero-order valence-electron chi connectivity index (χ0n) is 20.9. The van der Waals surface area contributed by atoms with Gasteiger partial charge in [-0.1, -0.05) is 30.3 Å². The number of hydrogen-bond donors (Lipinski definition) is 1. The van der Waals surface area contributed by atoms with Crippen molar-refractivity contribution < 1.29 is 27.8 Å². The molecule has 2 fully saturated rings. The number of alkyl carbamates (subject to hydrolysis) is 1. The van der Waals surface area contributed by atoms with Crippen LogP contribution in [-0.4, -0.2) is 54.4 Å². The molecular weight excluding hydrogens is 468 g/mol. The lowest BCUT2D eigenvalue weighted by Gasteiger charge is -2.42. The van der Waals surface area contributed by atoms with Crippen LogP contribution in [0.4, 0.5) is 24.1 Å². The molecule has 7 nitrogen and oxygen atoms in total. The van der Waals surface area contributed by atoms with Gasteiger partial charge in [-0.3, -0.25) is 4.90 Å². The largest absolute Gasteiger partial charge is 0.445 e. The second kappa shape index (κ2) is 10.7. The van der Waals surface area contributed by atoms with Gasteiger partial charge in [-0.25, -0.2) is 18.4 Å². The maximum atomic E-state index is 15.0. The van der Waals surface area contributed by atoms with Crippen molar-refractivity contribution in [3.05, 3.63) is 65.2 Å². The number of halogens is 2. The Morgan fingerprint density at radius 3 is 2.33 bits per heavy atom. The van der Waals surface area contributed by atoms with Gasteiger partial charge in [-0.2, -0.15) is 0 Å². The van der Waals surface area contributed by atoms with Gasteiger partial charge in [0.15, 0.2) is 0 Å². The van der Waals surface area contributed by atoms with Crippen LogP contribution in [0.15, 0.2) is 42.5 Å². The molecular formula is C27H33F2N3O4. The summed E-state index contributed by atoms with van der Waals surface area (Å²) >= 11 is 0. The number of amides is 2. The average molecular weight is 502 g/mol. The van der Waals surface area contributed by atoms with E-state index in [2.05, 4.69) is 5.32 Å². The quantitative estimate of drug-likeness (QED) is 0.602. The molecule has 0 spiro atoms. The SMILES string of the molecule is CC(C)(C)OC(=O)N1C2CCC1CN(c1cc(F)c(CCNC(=O)OCc3ccccc3)cc1F)C2. The Morgan fingerprint density at radius 1 is 1.03 bits per heavy atom. The summed E-state index contributed by atoms with van der Waals surface area (Å²) < 4.78 is 40.6. The van der Waals surface area contributed by atoms with E-state index in [9.17, 15) is 14.0 Å². The second-order valence-electron chi connectivity index (χ2n) is 10.3. The minimum Gasteiger partial charge on any atom is -0.445 e. The molecule has 2 atom stereocenters. The van der Waals surface area contributed by atoms with Crippen LogP contribution in [0.1, 0.15) is 44.7 Å². The summed E-state index contributed by atoms with van der Waals surface area (Å²) in [4.78, 5) is 28.1. The average Bonchev–Trinajstić information content (AvgIpc) is 3.09. The highest BCUT2D eigenvalue weighted by molar-refractivity contribution is 5.70. The van der Waals surface area contributed by atoms with Crippen molar-refractivity contribution in [1.29, 1.82) is 0 Å². The fourth-order valence-corrected chi connectivity index (χ4v) is 4.80. The van der Waals surface area contributed by atoms with Gasteiger partial charge in [0, 0.05) is 25.7 Å². The van der Waals surface area contributed by atoms with E-state index in [0.717, 1.165) is 18.4 Å². The first-order valence-corrected chi connectivity index (χ1v) is 12.3. The van der Waals surface area contributed by atoms with Crippen molar-refractivity contribution >= 4 is 17.9 Å². The van der Waals surface area contributed by atoms with Crippen LogP contribution in [0.2, 0.25) is 0 Å².